The molecule has 0 aliphatic carbocycles. The van der Waals surface area contributed by atoms with Crippen LogP contribution in [-0.2, 0) is 36.1 Å². The lowest BCUT2D eigenvalue weighted by atomic mass is 10.2. The number of hydrogen-bond donors (Lipinski definition) is 0. The summed E-state index contributed by atoms with van der Waals surface area (Å²) in [5.74, 6) is -0.627. The molecule has 1 aromatic heterocycles. The van der Waals surface area contributed by atoms with Crippen molar-refractivity contribution in [3.8, 4) is 0 Å². The number of morpholine rings is 1. The maximum Gasteiger partial charge on any atom is 0.338 e. The van der Waals surface area contributed by atoms with Crippen LogP contribution in [0.5, 0.6) is 0 Å². The third-order valence-electron chi connectivity index (χ3n) is 4.81. The van der Waals surface area contributed by atoms with Crippen molar-refractivity contribution in [1.82, 2.24) is 8.61 Å². The van der Waals surface area contributed by atoms with E-state index in [0.29, 0.717) is 0 Å². The Bertz CT molecular complexity index is 1180. The molecule has 2 atom stereocenters. The molecule has 0 saturated carbocycles. The van der Waals surface area contributed by atoms with Gasteiger partial charge in [-0.3, -0.25) is 0 Å². The van der Waals surface area contributed by atoms with Crippen LogP contribution in [0, 0.1) is 0 Å². The number of carbonyl (C=O) groups is 1. The molecule has 2 unspecified atom stereocenters. The Hall–Kier alpha value is -2.25. The molecule has 0 amide bonds. The average molecular weight is 487 g/mol. The van der Waals surface area contributed by atoms with Crippen LogP contribution in [0.2, 0.25) is 0 Å². The smallest absolute Gasteiger partial charge is 0.338 e. The molecule has 1 fully saturated rings. The number of esters is 1. The van der Waals surface area contributed by atoms with E-state index >= 15 is 0 Å². The molecule has 32 heavy (non-hydrogen) atoms. The molecule has 3 rings (SSSR count). The SMILES string of the molecule is CC1CN(S(=O)(=O)c2cccc(C(=O)OCc3ccc(S(=O)(=O)N(C)C)o3)c2)CC(C)O1. The van der Waals surface area contributed by atoms with Gasteiger partial charge in [0.2, 0.25) is 15.1 Å². The highest BCUT2D eigenvalue weighted by Crippen LogP contribution is 2.23. The fraction of sp³-hybridized carbons (Fsp3) is 0.450. The lowest BCUT2D eigenvalue weighted by molar-refractivity contribution is -0.0440. The summed E-state index contributed by atoms with van der Waals surface area (Å²) in [6, 6.07) is 8.25. The van der Waals surface area contributed by atoms with Gasteiger partial charge in [-0.15, -0.1) is 0 Å². The van der Waals surface area contributed by atoms with E-state index in [9.17, 15) is 21.6 Å². The Morgan fingerprint density at radius 2 is 1.75 bits per heavy atom. The van der Waals surface area contributed by atoms with Crippen molar-refractivity contribution in [2.24, 2.45) is 0 Å². The molecule has 10 nitrogen and oxygen atoms in total. The second-order valence-electron chi connectivity index (χ2n) is 7.69. The zero-order valence-corrected chi connectivity index (χ0v) is 19.9. The van der Waals surface area contributed by atoms with Crippen LogP contribution >= 0.6 is 0 Å². The van der Waals surface area contributed by atoms with Crippen molar-refractivity contribution in [1.29, 1.82) is 0 Å². The maximum absolute atomic E-state index is 13.0. The highest BCUT2D eigenvalue weighted by Gasteiger charge is 2.32. The van der Waals surface area contributed by atoms with Crippen molar-refractivity contribution in [2.45, 2.75) is 42.7 Å². The summed E-state index contributed by atoms with van der Waals surface area (Å²) in [7, 11) is -4.81. The number of rotatable bonds is 7. The van der Waals surface area contributed by atoms with Crippen LogP contribution in [0.25, 0.3) is 0 Å². The molecule has 12 heteroatoms. The highest BCUT2D eigenvalue weighted by molar-refractivity contribution is 7.89. The first kappa shape index (κ1) is 24.4. The minimum absolute atomic E-state index is 0.0226. The molecule has 0 N–H and O–H groups in total. The maximum atomic E-state index is 13.0. The van der Waals surface area contributed by atoms with Crippen molar-refractivity contribution in [3.05, 3.63) is 47.7 Å². The minimum Gasteiger partial charge on any atom is -0.454 e. The van der Waals surface area contributed by atoms with Gasteiger partial charge < -0.3 is 13.9 Å². The predicted molar refractivity (Wildman–Crippen MR) is 114 cm³/mol. The van der Waals surface area contributed by atoms with Crippen molar-refractivity contribution >= 4 is 26.0 Å². The van der Waals surface area contributed by atoms with E-state index < -0.39 is 26.0 Å². The minimum atomic E-state index is -3.82. The Balaban J connectivity index is 1.71. The Morgan fingerprint density at radius 3 is 2.38 bits per heavy atom. The fourth-order valence-corrected chi connectivity index (χ4v) is 5.68. The highest BCUT2D eigenvalue weighted by atomic mass is 32.2. The molecular formula is C20H26N2O8S2. The lowest BCUT2D eigenvalue weighted by Crippen LogP contribution is -2.48. The monoisotopic (exact) mass is 486 g/mol. The zero-order valence-electron chi connectivity index (χ0n) is 18.2. The molecule has 0 spiro atoms. The summed E-state index contributed by atoms with van der Waals surface area (Å²) in [5, 5.41) is -0.268. The van der Waals surface area contributed by atoms with Gasteiger partial charge in [-0.25, -0.2) is 25.9 Å². The standard InChI is InChI=1S/C20H26N2O8S2/c1-14-11-22(12-15(2)29-14)31(24,25)18-7-5-6-16(10-18)20(23)28-13-17-8-9-19(30-17)32(26,27)21(3)4/h5-10,14-15H,11-13H2,1-4H3. The first-order valence-corrected chi connectivity index (χ1v) is 12.7. The van der Waals surface area contributed by atoms with Crippen LogP contribution in [0.3, 0.4) is 0 Å². The number of furan rings is 1. The molecule has 176 valence electrons. The van der Waals surface area contributed by atoms with Gasteiger partial charge in [0, 0.05) is 27.2 Å². The second kappa shape index (κ2) is 9.32. The van der Waals surface area contributed by atoms with Gasteiger partial charge in [-0.1, -0.05) is 6.07 Å². The second-order valence-corrected chi connectivity index (χ2v) is 11.7. The Morgan fingerprint density at radius 1 is 1.09 bits per heavy atom. The molecule has 0 bridgehead atoms. The summed E-state index contributed by atoms with van der Waals surface area (Å²) in [5.41, 5.74) is 0.0492. The van der Waals surface area contributed by atoms with Gasteiger partial charge in [0.1, 0.15) is 12.4 Å². The predicted octanol–water partition coefficient (Wildman–Crippen LogP) is 1.68. The van der Waals surface area contributed by atoms with Crippen LogP contribution in [0.1, 0.15) is 30.0 Å². The summed E-state index contributed by atoms with van der Waals surface area (Å²) in [6.45, 7) is 3.74. The largest absolute Gasteiger partial charge is 0.454 e. The van der Waals surface area contributed by atoms with Crippen molar-refractivity contribution in [2.75, 3.05) is 27.2 Å². The first-order chi connectivity index (χ1) is 14.9. The van der Waals surface area contributed by atoms with E-state index in [2.05, 4.69) is 0 Å². The zero-order chi connectivity index (χ0) is 23.7. The molecule has 1 saturated heterocycles. The quantitative estimate of drug-likeness (QED) is 0.542. The number of hydrogen-bond acceptors (Lipinski definition) is 8. The van der Waals surface area contributed by atoms with E-state index in [0.717, 1.165) is 4.31 Å². The van der Waals surface area contributed by atoms with Gasteiger partial charge in [0.05, 0.1) is 22.7 Å². The summed E-state index contributed by atoms with van der Waals surface area (Å²) < 4.78 is 68.5. The van der Waals surface area contributed by atoms with Gasteiger partial charge in [-0.05, 0) is 44.2 Å². The Kier molecular flexibility index (Phi) is 7.10. The van der Waals surface area contributed by atoms with Gasteiger partial charge in [0.25, 0.3) is 10.0 Å². The van der Waals surface area contributed by atoms with Gasteiger partial charge >= 0.3 is 5.97 Å². The fourth-order valence-electron chi connectivity index (χ4n) is 3.23. The molecule has 1 aromatic carbocycles. The topological polar surface area (TPSA) is 123 Å². The number of sulfonamides is 2. The van der Waals surface area contributed by atoms with Crippen LogP contribution < -0.4 is 0 Å². The molecule has 0 radical (unpaired) electrons. The summed E-state index contributed by atoms with van der Waals surface area (Å²) in [4.78, 5) is 12.4. The molecule has 2 heterocycles. The van der Waals surface area contributed by atoms with E-state index in [4.69, 9.17) is 13.9 Å². The average Bonchev–Trinajstić information content (AvgIpc) is 3.21. The van der Waals surface area contributed by atoms with E-state index in [1.54, 1.807) is 13.8 Å². The van der Waals surface area contributed by atoms with Crippen LogP contribution in [-0.4, -0.2) is 70.8 Å². The Labute approximate surface area is 187 Å². The number of nitrogens with zero attached hydrogens (tertiary/aromatic N) is 2. The molecule has 1 aliphatic rings. The van der Waals surface area contributed by atoms with Crippen molar-refractivity contribution in [3.63, 3.8) is 0 Å². The molecule has 2 aromatic rings. The van der Waals surface area contributed by atoms with E-state index in [1.807, 2.05) is 0 Å². The summed E-state index contributed by atoms with van der Waals surface area (Å²) >= 11 is 0. The third-order valence-corrected chi connectivity index (χ3v) is 8.33. The van der Waals surface area contributed by atoms with Gasteiger partial charge in [-0.2, -0.15) is 4.31 Å². The first-order valence-electron chi connectivity index (χ1n) is 9.85. The van der Waals surface area contributed by atoms with Crippen LogP contribution in [0.4, 0.5) is 0 Å². The number of carbonyl (C=O) groups excluding carboxylic acids is 1. The third kappa shape index (κ3) is 5.21. The van der Waals surface area contributed by atoms with E-state index in [1.165, 1.54) is 54.8 Å². The van der Waals surface area contributed by atoms with Gasteiger partial charge in [0.15, 0.2) is 0 Å². The number of benzene rings is 1. The molecule has 1 aliphatic heterocycles. The van der Waals surface area contributed by atoms with Crippen LogP contribution in [0.15, 0.2) is 50.8 Å². The molecular weight excluding hydrogens is 460 g/mol. The summed E-state index contributed by atoms with van der Waals surface area (Å²) in [6.07, 6.45) is -0.479. The lowest BCUT2D eigenvalue weighted by Gasteiger charge is -2.34. The van der Waals surface area contributed by atoms with E-state index in [-0.39, 0.29) is 53.2 Å². The number of ether oxygens (including phenoxy) is 2. The normalized spacial score (nSPS) is 20.4. The van der Waals surface area contributed by atoms with Crippen molar-refractivity contribution < 1.29 is 35.5 Å².